The monoisotopic (exact) mass is 1050 g/mol. The Bertz CT molecular complexity index is 3410. The van der Waals surface area contributed by atoms with Crippen molar-refractivity contribution in [3.05, 3.63) is 88.8 Å². The molecule has 372 valence electrons. The van der Waals surface area contributed by atoms with Crippen LogP contribution >= 0.6 is 45.3 Å². The van der Waals surface area contributed by atoms with Crippen LogP contribution in [0.3, 0.4) is 0 Å². The summed E-state index contributed by atoms with van der Waals surface area (Å²) >= 11 is 4.35. The minimum atomic E-state index is -1.11. The molecule has 0 aromatic carbocycles. The third-order valence-corrected chi connectivity index (χ3v) is 14.5. The third kappa shape index (κ3) is 11.1. The molecule has 23 nitrogen and oxygen atoms in total. The third-order valence-electron chi connectivity index (χ3n) is 10.1. The van der Waals surface area contributed by atoms with Crippen LogP contribution in [0, 0.1) is 27.7 Å². The maximum absolute atomic E-state index is 12.3. The van der Waals surface area contributed by atoms with E-state index in [0.29, 0.717) is 79.8 Å². The van der Waals surface area contributed by atoms with E-state index in [-0.39, 0.29) is 54.3 Å². The van der Waals surface area contributed by atoms with Crippen LogP contribution in [0.4, 0.5) is 22.7 Å². The molecule has 8 rings (SSSR count). The van der Waals surface area contributed by atoms with Crippen LogP contribution in [0.15, 0.2) is 24.3 Å². The van der Waals surface area contributed by atoms with Gasteiger partial charge in [-0.1, -0.05) is 0 Å². The average Bonchev–Trinajstić information content (AvgIpc) is 4.02. The number of carbonyl (C=O) groups excluding carboxylic acids is 6. The second-order valence-electron chi connectivity index (χ2n) is 15.4. The molecule has 71 heavy (non-hydrogen) atoms. The number of ketones is 1. The van der Waals surface area contributed by atoms with Crippen LogP contribution < -0.4 is 45.9 Å². The smallest absolute Gasteiger partial charge is 0.336 e. The number of anilines is 4. The normalized spacial score (nSPS) is 11.2. The minimum absolute atomic E-state index is 0.0359. The number of hydrogen-bond acceptors (Lipinski definition) is 21. The van der Waals surface area contributed by atoms with Crippen molar-refractivity contribution >= 4 is 150 Å². The summed E-state index contributed by atoms with van der Waals surface area (Å²) < 4.78 is 0. The summed E-state index contributed by atoms with van der Waals surface area (Å²) in [5.74, 6) is -4.08. The highest BCUT2D eigenvalue weighted by Crippen LogP contribution is 2.39. The van der Waals surface area contributed by atoms with Gasteiger partial charge in [0, 0.05) is 56.9 Å². The second kappa shape index (κ2) is 21.4. The predicted molar refractivity (Wildman–Crippen MR) is 276 cm³/mol. The van der Waals surface area contributed by atoms with Gasteiger partial charge in [-0.3, -0.25) is 33.6 Å². The summed E-state index contributed by atoms with van der Waals surface area (Å²) in [6.07, 6.45) is -0.670. The summed E-state index contributed by atoms with van der Waals surface area (Å²) in [6, 6.07) is 6.45. The van der Waals surface area contributed by atoms with E-state index in [1.54, 1.807) is 45.9 Å². The van der Waals surface area contributed by atoms with Gasteiger partial charge in [0.15, 0.2) is 5.78 Å². The number of aliphatic hydroxyl groups is 1. The van der Waals surface area contributed by atoms with Gasteiger partial charge in [-0.15, -0.1) is 45.3 Å². The largest absolute Gasteiger partial charge is 0.478 e. The number of hydrogen-bond donors (Lipinski definition) is 10. The van der Waals surface area contributed by atoms with E-state index in [1.165, 1.54) is 27.1 Å². The molecule has 0 saturated carbocycles. The van der Waals surface area contributed by atoms with Crippen LogP contribution in [0.2, 0.25) is 0 Å². The highest BCUT2D eigenvalue weighted by molar-refractivity contribution is 7.22. The first-order valence-corrected chi connectivity index (χ1v) is 23.6. The number of aromatic carboxylic acids is 1. The lowest BCUT2D eigenvalue weighted by molar-refractivity contribution is -0.0755. The van der Waals surface area contributed by atoms with Crippen molar-refractivity contribution in [2.24, 2.45) is 22.9 Å². The molecular formula is C44H47N13O10S4. The predicted octanol–water partition coefficient (Wildman–Crippen LogP) is 4.73. The van der Waals surface area contributed by atoms with Crippen LogP contribution in [0.25, 0.3) is 40.9 Å². The van der Waals surface area contributed by atoms with E-state index >= 15 is 0 Å². The number of carbonyl (C=O) groups is 7. The van der Waals surface area contributed by atoms with Crippen LogP contribution in [-0.4, -0.2) is 90.7 Å². The van der Waals surface area contributed by atoms with E-state index in [1.807, 2.05) is 6.92 Å². The van der Waals surface area contributed by atoms with Gasteiger partial charge >= 0.3 is 5.97 Å². The molecule has 0 spiro atoms. The first-order valence-electron chi connectivity index (χ1n) is 20.3. The van der Waals surface area contributed by atoms with E-state index in [0.717, 1.165) is 56.1 Å². The van der Waals surface area contributed by atoms with Gasteiger partial charge in [0.1, 0.15) is 38.8 Å². The Morgan fingerprint density at radius 2 is 0.845 bits per heavy atom. The number of carboxylic acids is 1. The fraction of sp³-hybridized carbons (Fsp3) is 0.205. The van der Waals surface area contributed by atoms with Gasteiger partial charge in [-0.25, -0.2) is 29.8 Å². The average molecular weight is 1050 g/mol. The second-order valence-corrected chi connectivity index (χ2v) is 19.4. The van der Waals surface area contributed by atoms with E-state index in [4.69, 9.17) is 55.8 Å². The Kier molecular flexibility index (Phi) is 16.2. The molecule has 5 amide bonds. The summed E-state index contributed by atoms with van der Waals surface area (Å²) in [6.45, 7) is 10.1. The molecule has 8 heterocycles. The van der Waals surface area contributed by atoms with Crippen molar-refractivity contribution < 1.29 is 48.6 Å². The lowest BCUT2D eigenvalue weighted by Gasteiger charge is -2.14. The molecule has 18 N–H and O–H groups in total. The number of thiophene rings is 4. The molecule has 0 aliphatic carbocycles. The zero-order valence-corrected chi connectivity index (χ0v) is 42.3. The standard InChI is InChI=1S/C12H14N4O3S.C11H13N3O2S.C11H11N3O2S.C10H9N3O3S/c1-5-4-6(12(18)16(2)19-3)7-8(13)9(10(14)17)20-11(7)15-5;2*1-4-3-6(5(2)15)7-8(12)9(10(13)16)17-11(7)14-4;1-3-2-4(10(15)16)5-6(11)7(8(12)14)17-9(5)13-3/h4H,13H2,1-3H3,(H2,14,17);3,5,15H,12H2,1-2H3,(H2,13,16);3H,12H2,1-2H3,(H2,13,16);2H,11H2,1H3,(H2,12,14)(H,15,16). The number of hydroxylamine groups is 2. The molecule has 1 unspecified atom stereocenters. The van der Waals surface area contributed by atoms with Gasteiger partial charge in [-0.2, -0.15) is 0 Å². The number of pyridine rings is 4. The van der Waals surface area contributed by atoms with Crippen LogP contribution in [0.1, 0.15) is 118 Å². The fourth-order valence-electron chi connectivity index (χ4n) is 6.94. The quantitative estimate of drug-likeness (QED) is 0.0690. The fourth-order valence-corrected chi connectivity index (χ4v) is 11.0. The van der Waals surface area contributed by atoms with Crippen molar-refractivity contribution in [1.29, 1.82) is 0 Å². The summed E-state index contributed by atoms with van der Waals surface area (Å²) in [5.41, 5.74) is 49.3. The molecule has 8 aromatic rings. The van der Waals surface area contributed by atoms with Crippen LogP contribution in [0.5, 0.6) is 0 Å². The number of carboxylic acid groups (broad SMARTS) is 1. The highest BCUT2D eigenvalue weighted by Gasteiger charge is 2.25. The number of fused-ring (bicyclic) bond motifs is 4. The molecule has 27 heteroatoms. The van der Waals surface area contributed by atoms with E-state index < -0.39 is 35.7 Å². The van der Waals surface area contributed by atoms with Crippen LogP contribution in [-0.2, 0) is 4.84 Å². The Hall–Kier alpha value is -7.95. The molecule has 0 bridgehead atoms. The maximum atomic E-state index is 12.3. The maximum Gasteiger partial charge on any atom is 0.336 e. The number of aryl methyl sites for hydroxylation is 4. The van der Waals surface area contributed by atoms with Gasteiger partial charge in [0.25, 0.3) is 29.5 Å². The Morgan fingerprint density at radius 3 is 1.17 bits per heavy atom. The molecular weight excluding hydrogens is 999 g/mol. The summed E-state index contributed by atoms with van der Waals surface area (Å²) in [7, 11) is 2.87. The number of nitrogen functional groups attached to an aromatic ring is 4. The topological polar surface area (TPSA) is 432 Å². The number of amides is 5. The number of primary amides is 4. The van der Waals surface area contributed by atoms with Gasteiger partial charge in [0.05, 0.1) is 47.1 Å². The Labute approximate surface area is 418 Å². The summed E-state index contributed by atoms with van der Waals surface area (Å²) in [4.78, 5) is 105. The minimum Gasteiger partial charge on any atom is -0.478 e. The number of nitrogens with two attached hydrogens (primary N) is 8. The molecule has 0 aliphatic rings. The molecule has 0 radical (unpaired) electrons. The molecule has 0 fully saturated rings. The number of Topliss-reactive ketones (excluding diaryl/α,β-unsaturated/α-hetero) is 1. The van der Waals surface area contributed by atoms with E-state index in [2.05, 4.69) is 19.9 Å². The first-order chi connectivity index (χ1) is 33.1. The van der Waals surface area contributed by atoms with E-state index in [9.17, 15) is 38.7 Å². The highest BCUT2D eigenvalue weighted by atomic mass is 32.1. The summed E-state index contributed by atoms with van der Waals surface area (Å²) in [5, 5.41) is 21.8. The number of nitrogens with zero attached hydrogens (tertiary/aromatic N) is 5. The SMILES string of the molecule is CC(=O)c1cc(C)nc2sc(C(N)=O)c(N)c12.CON(C)C(=O)c1cc(C)nc2sc(C(N)=O)c(N)c12.Cc1cc(C(=O)O)c2c(N)c(C(N)=O)sc2n1.Cc1cc(C(C)O)c2c(N)c(C(N)=O)sc2n1. The number of aromatic nitrogens is 4. The lowest BCUT2D eigenvalue weighted by Crippen LogP contribution is -2.25. The zero-order valence-electron chi connectivity index (χ0n) is 39.0. The molecule has 1 atom stereocenters. The zero-order chi connectivity index (χ0) is 53.2. The molecule has 0 saturated heterocycles. The molecule has 8 aromatic heterocycles. The lowest BCUT2D eigenvalue weighted by atomic mass is 10.1. The van der Waals surface area contributed by atoms with Crippen molar-refractivity contribution in [3.63, 3.8) is 0 Å². The molecule has 0 aliphatic heterocycles. The van der Waals surface area contributed by atoms with Gasteiger partial charge in [-0.05, 0) is 71.4 Å². The number of aliphatic hydroxyl groups excluding tert-OH is 1. The van der Waals surface area contributed by atoms with Crippen molar-refractivity contribution in [2.75, 3.05) is 37.1 Å². The first kappa shape index (κ1) is 54.0. The number of rotatable bonds is 9. The van der Waals surface area contributed by atoms with Crippen molar-refractivity contribution in [1.82, 2.24) is 25.0 Å². The van der Waals surface area contributed by atoms with Gasteiger partial charge in [0.2, 0.25) is 0 Å². The van der Waals surface area contributed by atoms with Crippen molar-refractivity contribution in [3.8, 4) is 0 Å². The Balaban J connectivity index is 0.000000176. The Morgan fingerprint density at radius 1 is 0.549 bits per heavy atom. The van der Waals surface area contributed by atoms with Gasteiger partial charge < -0.3 is 56.1 Å². The van der Waals surface area contributed by atoms with Crippen molar-refractivity contribution in [2.45, 2.75) is 47.6 Å².